The van der Waals surface area contributed by atoms with Gasteiger partial charge in [-0.3, -0.25) is 0 Å². The molecule has 4 heteroatoms. The van der Waals surface area contributed by atoms with Crippen molar-refractivity contribution in [2.45, 2.75) is 5.92 Å². The number of rotatable bonds is 1. The number of dihydropyridines is 1. The maximum Gasteiger partial charge on any atom is -1.00 e. The first-order valence-corrected chi connectivity index (χ1v) is 6.21. The van der Waals surface area contributed by atoms with E-state index in [4.69, 9.17) is 0 Å². The number of allylic oxidation sites excluding steroid dienone is 4. The summed E-state index contributed by atoms with van der Waals surface area (Å²) in [5.74, 6) is 0.302. The number of hydrogen-bond acceptors (Lipinski definition) is 1. The van der Waals surface area contributed by atoms with Crippen molar-refractivity contribution >= 4 is 6.08 Å². The maximum atomic E-state index is 4.08. The van der Waals surface area contributed by atoms with Gasteiger partial charge in [0.15, 0.2) is 0 Å². The molecular formula is C15H12Cl2CrN. The van der Waals surface area contributed by atoms with E-state index in [1.807, 2.05) is 12.3 Å². The first kappa shape index (κ1) is 16.1. The molecule has 97 valence electrons. The van der Waals surface area contributed by atoms with Crippen LogP contribution in [0.5, 0.6) is 0 Å². The van der Waals surface area contributed by atoms with Crippen LogP contribution in [0.4, 0.5) is 0 Å². The van der Waals surface area contributed by atoms with E-state index in [2.05, 4.69) is 64.6 Å². The second-order valence-corrected chi connectivity index (χ2v) is 4.95. The van der Waals surface area contributed by atoms with E-state index >= 15 is 0 Å². The van der Waals surface area contributed by atoms with Crippen LogP contribution in [-0.2, 0) is 16.3 Å². The van der Waals surface area contributed by atoms with Gasteiger partial charge in [0.1, 0.15) is 0 Å². The molecule has 1 atom stereocenters. The van der Waals surface area contributed by atoms with Crippen molar-refractivity contribution in [3.63, 3.8) is 0 Å². The fourth-order valence-corrected chi connectivity index (χ4v) is 2.97. The number of halogens is 2. The summed E-state index contributed by atoms with van der Waals surface area (Å²) in [4.78, 5) is 0. The summed E-state index contributed by atoms with van der Waals surface area (Å²) in [6, 6.07) is 8.51. The van der Waals surface area contributed by atoms with Crippen molar-refractivity contribution in [1.29, 1.82) is 0 Å². The quantitative estimate of drug-likeness (QED) is 0.589. The van der Waals surface area contributed by atoms with Gasteiger partial charge in [0.2, 0.25) is 0 Å². The monoisotopic (exact) mass is 328 g/mol. The van der Waals surface area contributed by atoms with E-state index < -0.39 is 0 Å². The van der Waals surface area contributed by atoms with E-state index in [-0.39, 0.29) is 24.8 Å². The Kier molecular flexibility index (Phi) is 5.53. The predicted octanol–water partition coefficient (Wildman–Crippen LogP) is -2.76. The van der Waals surface area contributed by atoms with Gasteiger partial charge in [0, 0.05) is 0 Å². The molecule has 3 rings (SSSR count). The Morgan fingerprint density at radius 3 is 2.63 bits per heavy atom. The molecule has 19 heavy (non-hydrogen) atoms. The average molecular weight is 329 g/mol. The van der Waals surface area contributed by atoms with E-state index in [1.54, 1.807) is 0 Å². The number of benzene rings is 1. The van der Waals surface area contributed by atoms with Crippen LogP contribution in [0.25, 0.3) is 6.08 Å². The molecular weight excluding hydrogens is 317 g/mol. The third kappa shape index (κ3) is 2.83. The summed E-state index contributed by atoms with van der Waals surface area (Å²) < 4.78 is 1.26. The van der Waals surface area contributed by atoms with Gasteiger partial charge in [-0.05, 0) is 0 Å². The van der Waals surface area contributed by atoms with Gasteiger partial charge >= 0.3 is 110 Å². The molecule has 1 aliphatic heterocycles. The van der Waals surface area contributed by atoms with Gasteiger partial charge in [-0.2, -0.15) is 0 Å². The van der Waals surface area contributed by atoms with E-state index in [1.165, 1.54) is 21.1 Å². The molecule has 0 saturated heterocycles. The van der Waals surface area contributed by atoms with Crippen LogP contribution < -0.4 is 30.1 Å². The molecule has 0 amide bonds. The molecule has 2 aliphatic rings. The average Bonchev–Trinajstić information content (AvgIpc) is 2.66. The SMILES string of the molecule is C=C1NC=CC=C1C1[C]([Cr+2])=Cc2ccccc21.[Cl-].[Cl-]. The normalized spacial score (nSPS) is 19.3. The number of nitrogens with one attached hydrogen (secondary N) is 1. The number of fused-ring (bicyclic) bond motifs is 1. The number of hydrogen-bond donors (Lipinski definition) is 1. The van der Waals surface area contributed by atoms with Crippen molar-refractivity contribution in [2.75, 3.05) is 0 Å². The van der Waals surface area contributed by atoms with Crippen molar-refractivity contribution in [3.05, 3.63) is 76.0 Å². The molecule has 0 spiro atoms. The largest absolute Gasteiger partial charge is 1.00 e. The second-order valence-electron chi connectivity index (χ2n) is 4.21. The zero-order valence-corrected chi connectivity index (χ0v) is 12.9. The summed E-state index contributed by atoms with van der Waals surface area (Å²) in [5, 5.41) is 3.18. The van der Waals surface area contributed by atoms with Crippen molar-refractivity contribution in [1.82, 2.24) is 5.32 Å². The summed E-state index contributed by atoms with van der Waals surface area (Å²) in [7, 11) is 0. The zero-order chi connectivity index (χ0) is 11.8. The van der Waals surface area contributed by atoms with Crippen LogP contribution in [-0.4, -0.2) is 0 Å². The Morgan fingerprint density at radius 2 is 1.89 bits per heavy atom. The minimum absolute atomic E-state index is 0. The molecule has 1 N–H and O–H groups in total. The van der Waals surface area contributed by atoms with Crippen molar-refractivity contribution in [2.24, 2.45) is 0 Å². The standard InChI is InChI=1S/C15H12N.2ClH.Cr/c1-11-13(7-4-10-16-11)15-9-8-12-5-2-3-6-14(12)15;;;/h2-8,10,15-16H,1H2;2*1H;/q;;;+2/p-2. The molecule has 1 aliphatic carbocycles. The first-order chi connectivity index (χ1) is 8.27. The molecule has 0 bridgehead atoms. The Bertz CT molecular complexity index is 588. The molecule has 1 aromatic carbocycles. The second kappa shape index (κ2) is 6.50. The fourth-order valence-electron chi connectivity index (χ4n) is 2.37. The Balaban J connectivity index is 0.000000902. The van der Waals surface area contributed by atoms with Crippen LogP contribution in [0.15, 0.2) is 64.9 Å². The van der Waals surface area contributed by atoms with E-state index in [0.29, 0.717) is 5.92 Å². The summed E-state index contributed by atoms with van der Waals surface area (Å²) in [6.45, 7) is 4.08. The summed E-state index contributed by atoms with van der Waals surface area (Å²) >= 11 is 3.18. The van der Waals surface area contributed by atoms with Gasteiger partial charge < -0.3 is 24.8 Å². The van der Waals surface area contributed by atoms with Gasteiger partial charge in [0.25, 0.3) is 0 Å². The van der Waals surface area contributed by atoms with Gasteiger partial charge in [-0.25, -0.2) is 0 Å². The zero-order valence-electron chi connectivity index (χ0n) is 10.1. The smallest absolute Gasteiger partial charge is 1.00 e. The minimum Gasteiger partial charge on any atom is -1.00 e. The van der Waals surface area contributed by atoms with Crippen LogP contribution in [0.2, 0.25) is 0 Å². The molecule has 0 radical (unpaired) electrons. The Hall–Kier alpha value is -0.908. The minimum atomic E-state index is 0. The van der Waals surface area contributed by atoms with Crippen molar-refractivity contribution < 1.29 is 41.1 Å². The maximum absolute atomic E-state index is 4.08. The summed E-state index contributed by atoms with van der Waals surface area (Å²) in [5.41, 5.74) is 4.87. The third-order valence-electron chi connectivity index (χ3n) is 3.18. The van der Waals surface area contributed by atoms with Crippen LogP contribution >= 0.6 is 0 Å². The molecule has 0 saturated carbocycles. The molecule has 1 heterocycles. The van der Waals surface area contributed by atoms with Crippen LogP contribution in [0, 0.1) is 0 Å². The fraction of sp³-hybridized carbons (Fsp3) is 0.0667. The molecule has 0 fully saturated rings. The van der Waals surface area contributed by atoms with E-state index in [0.717, 1.165) is 5.70 Å². The van der Waals surface area contributed by atoms with Crippen LogP contribution in [0.3, 0.4) is 0 Å². The Labute approximate surface area is 134 Å². The Morgan fingerprint density at radius 1 is 1.16 bits per heavy atom. The predicted molar refractivity (Wildman–Crippen MR) is 66.7 cm³/mol. The van der Waals surface area contributed by atoms with E-state index in [9.17, 15) is 0 Å². The third-order valence-corrected chi connectivity index (χ3v) is 3.73. The van der Waals surface area contributed by atoms with Gasteiger partial charge in [-0.1, -0.05) is 0 Å². The molecule has 1 nitrogen and oxygen atoms in total. The molecule has 0 aromatic heterocycles. The summed E-state index contributed by atoms with van der Waals surface area (Å²) in [6.07, 6.45) is 8.29. The topological polar surface area (TPSA) is 12.0 Å². The molecule has 1 unspecified atom stereocenters. The first-order valence-electron chi connectivity index (χ1n) is 5.57. The van der Waals surface area contributed by atoms with Gasteiger partial charge in [-0.15, -0.1) is 0 Å². The van der Waals surface area contributed by atoms with Crippen molar-refractivity contribution in [3.8, 4) is 0 Å². The van der Waals surface area contributed by atoms with Gasteiger partial charge in [0.05, 0.1) is 0 Å². The molecule has 1 aromatic rings. The van der Waals surface area contributed by atoms with Crippen LogP contribution in [0.1, 0.15) is 17.0 Å².